The molecule has 6 nitrogen and oxygen atoms in total. The number of carbonyl (C=O) groups excluding carboxylic acids is 1. The molecule has 1 fully saturated rings. The molecule has 1 saturated heterocycles. The molecule has 0 spiro atoms. The van der Waals surface area contributed by atoms with E-state index in [1.54, 1.807) is 12.4 Å². The molecule has 0 aromatic carbocycles. The van der Waals surface area contributed by atoms with Gasteiger partial charge in [-0.05, 0) is 32.3 Å². The van der Waals surface area contributed by atoms with Gasteiger partial charge in [0.25, 0.3) is 0 Å². The van der Waals surface area contributed by atoms with Crippen LogP contribution in [0.15, 0.2) is 30.9 Å². The third kappa shape index (κ3) is 3.37. The van der Waals surface area contributed by atoms with Gasteiger partial charge in [0.05, 0.1) is 12.6 Å². The molecule has 2 aromatic heterocycles. The van der Waals surface area contributed by atoms with Gasteiger partial charge in [-0.15, -0.1) is 0 Å². The maximum absolute atomic E-state index is 12.5. The topological polar surface area (TPSA) is 56.0 Å². The van der Waals surface area contributed by atoms with Crippen LogP contribution in [0.4, 0.5) is 0 Å². The summed E-state index contributed by atoms with van der Waals surface area (Å²) in [6.07, 6.45) is 11.2. The lowest BCUT2D eigenvalue weighted by molar-refractivity contribution is -0.132. The van der Waals surface area contributed by atoms with Crippen LogP contribution in [-0.4, -0.2) is 42.7 Å². The Morgan fingerprint density at radius 2 is 2.27 bits per heavy atom. The molecular formula is C16H23N5O. The van der Waals surface area contributed by atoms with Crippen molar-refractivity contribution in [3.05, 3.63) is 36.7 Å². The number of nitrogens with zero attached hydrogens (tertiary/aromatic N) is 5. The Hall–Kier alpha value is -2.11. The Labute approximate surface area is 130 Å². The summed E-state index contributed by atoms with van der Waals surface area (Å²) in [6, 6.07) is 2.22. The molecule has 0 saturated carbocycles. The molecule has 0 unspecified atom stereocenters. The summed E-state index contributed by atoms with van der Waals surface area (Å²) in [6.45, 7) is 4.53. The summed E-state index contributed by atoms with van der Waals surface area (Å²) in [4.78, 5) is 18.7. The number of amides is 1. The van der Waals surface area contributed by atoms with Crippen molar-refractivity contribution in [2.24, 2.45) is 0 Å². The molecule has 3 heterocycles. The highest BCUT2D eigenvalue weighted by Gasteiger charge is 2.28. The summed E-state index contributed by atoms with van der Waals surface area (Å²) >= 11 is 0. The largest absolute Gasteiger partial charge is 0.338 e. The quantitative estimate of drug-likeness (QED) is 0.818. The second kappa shape index (κ2) is 6.77. The first kappa shape index (κ1) is 14.8. The minimum Gasteiger partial charge on any atom is -0.338 e. The third-order valence-electron chi connectivity index (χ3n) is 4.37. The Bertz CT molecular complexity index is 604. The summed E-state index contributed by atoms with van der Waals surface area (Å²) < 4.78 is 4.02. The van der Waals surface area contributed by atoms with Crippen LogP contribution in [0.3, 0.4) is 0 Å². The van der Waals surface area contributed by atoms with E-state index in [0.717, 1.165) is 44.7 Å². The van der Waals surface area contributed by atoms with Gasteiger partial charge in [-0.25, -0.2) is 4.98 Å². The zero-order valence-corrected chi connectivity index (χ0v) is 13.1. The number of hydrogen-bond acceptors (Lipinski definition) is 3. The molecule has 0 N–H and O–H groups in total. The van der Waals surface area contributed by atoms with Gasteiger partial charge >= 0.3 is 0 Å². The van der Waals surface area contributed by atoms with Crippen LogP contribution in [0.25, 0.3) is 0 Å². The Morgan fingerprint density at radius 3 is 3.00 bits per heavy atom. The van der Waals surface area contributed by atoms with Crippen molar-refractivity contribution in [3.63, 3.8) is 0 Å². The van der Waals surface area contributed by atoms with E-state index in [4.69, 9.17) is 0 Å². The van der Waals surface area contributed by atoms with E-state index < -0.39 is 0 Å². The molecular weight excluding hydrogens is 278 g/mol. The molecule has 1 aliphatic heterocycles. The molecule has 1 aliphatic rings. The van der Waals surface area contributed by atoms with Crippen molar-refractivity contribution in [1.82, 2.24) is 24.2 Å². The molecule has 3 rings (SSSR count). The lowest BCUT2D eigenvalue weighted by atomic mass is 10.2. The molecule has 1 atom stereocenters. The first-order chi connectivity index (χ1) is 10.7. The van der Waals surface area contributed by atoms with Crippen molar-refractivity contribution >= 4 is 5.91 Å². The normalized spacial score (nSPS) is 18.0. The minimum atomic E-state index is 0.271. The van der Waals surface area contributed by atoms with Gasteiger partial charge in [-0.3, -0.25) is 9.48 Å². The molecule has 0 aliphatic carbocycles. The summed E-state index contributed by atoms with van der Waals surface area (Å²) in [5, 5.41) is 4.25. The van der Waals surface area contributed by atoms with Crippen molar-refractivity contribution in [2.45, 2.75) is 51.7 Å². The first-order valence-corrected chi connectivity index (χ1v) is 7.98. The number of aryl methyl sites for hydroxylation is 2. The average Bonchev–Trinajstić information content (AvgIpc) is 3.23. The second-order valence-corrected chi connectivity index (χ2v) is 5.88. The van der Waals surface area contributed by atoms with Crippen molar-refractivity contribution < 1.29 is 4.79 Å². The zero-order valence-electron chi connectivity index (χ0n) is 13.1. The highest BCUT2D eigenvalue weighted by molar-refractivity contribution is 5.76. The van der Waals surface area contributed by atoms with Crippen LogP contribution in [-0.2, 0) is 17.9 Å². The maximum Gasteiger partial charge on any atom is 0.222 e. The van der Waals surface area contributed by atoms with E-state index in [1.807, 2.05) is 35.0 Å². The molecule has 1 amide bonds. The van der Waals surface area contributed by atoms with Crippen LogP contribution in [0.1, 0.15) is 31.5 Å². The van der Waals surface area contributed by atoms with Gasteiger partial charge in [0.15, 0.2) is 0 Å². The maximum atomic E-state index is 12.5. The third-order valence-corrected chi connectivity index (χ3v) is 4.37. The molecule has 0 radical (unpaired) electrons. The van der Waals surface area contributed by atoms with Crippen molar-refractivity contribution in [1.29, 1.82) is 0 Å². The highest BCUT2D eigenvalue weighted by Crippen LogP contribution is 2.20. The SMILES string of the molecule is Cc1nccn1CCCC(=O)N1CCC[C@H]1Cn1cccn1. The summed E-state index contributed by atoms with van der Waals surface area (Å²) in [5.41, 5.74) is 0. The number of rotatable bonds is 6. The van der Waals surface area contributed by atoms with Crippen molar-refractivity contribution in [2.75, 3.05) is 6.54 Å². The fraction of sp³-hybridized carbons (Fsp3) is 0.562. The van der Waals surface area contributed by atoms with E-state index in [1.165, 1.54) is 0 Å². The van der Waals surface area contributed by atoms with Crippen LogP contribution in [0.2, 0.25) is 0 Å². The first-order valence-electron chi connectivity index (χ1n) is 7.98. The van der Waals surface area contributed by atoms with Crippen LogP contribution >= 0.6 is 0 Å². The van der Waals surface area contributed by atoms with Gasteiger partial charge in [-0.1, -0.05) is 0 Å². The standard InChI is InChI=1S/C16H23N5O/c1-14-17-8-12-19(14)9-3-6-16(22)21-11-2-5-15(21)13-20-10-4-7-18-20/h4,7-8,10,12,15H,2-3,5-6,9,11,13H2,1H3/t15-/m0/s1. The lowest BCUT2D eigenvalue weighted by Gasteiger charge is -2.25. The minimum absolute atomic E-state index is 0.271. The fourth-order valence-electron chi connectivity index (χ4n) is 3.16. The van der Waals surface area contributed by atoms with Crippen LogP contribution in [0.5, 0.6) is 0 Å². The molecule has 2 aromatic rings. The van der Waals surface area contributed by atoms with Crippen LogP contribution in [0, 0.1) is 6.92 Å². The van der Waals surface area contributed by atoms with E-state index in [0.29, 0.717) is 12.5 Å². The monoisotopic (exact) mass is 301 g/mol. The molecule has 6 heteroatoms. The fourth-order valence-corrected chi connectivity index (χ4v) is 3.16. The Balaban J connectivity index is 1.49. The molecule has 0 bridgehead atoms. The van der Waals surface area contributed by atoms with Gasteiger partial charge in [-0.2, -0.15) is 5.10 Å². The summed E-state index contributed by atoms with van der Waals surface area (Å²) in [5.74, 6) is 1.28. The number of likely N-dealkylation sites (tertiary alicyclic amines) is 1. The van der Waals surface area contributed by atoms with E-state index >= 15 is 0 Å². The number of hydrogen-bond donors (Lipinski definition) is 0. The van der Waals surface area contributed by atoms with Gasteiger partial charge in [0.1, 0.15) is 5.82 Å². The number of aromatic nitrogens is 4. The van der Waals surface area contributed by atoms with Gasteiger partial charge in [0.2, 0.25) is 5.91 Å². The molecule has 118 valence electrons. The van der Waals surface area contributed by atoms with E-state index in [2.05, 4.69) is 14.6 Å². The highest BCUT2D eigenvalue weighted by atomic mass is 16.2. The van der Waals surface area contributed by atoms with Crippen LogP contribution < -0.4 is 0 Å². The predicted octanol–water partition coefficient (Wildman–Crippen LogP) is 1.86. The predicted molar refractivity (Wildman–Crippen MR) is 83.2 cm³/mol. The molecule has 22 heavy (non-hydrogen) atoms. The zero-order chi connectivity index (χ0) is 15.4. The Morgan fingerprint density at radius 1 is 1.36 bits per heavy atom. The smallest absolute Gasteiger partial charge is 0.222 e. The Kier molecular flexibility index (Phi) is 4.56. The number of carbonyl (C=O) groups is 1. The summed E-state index contributed by atoms with van der Waals surface area (Å²) in [7, 11) is 0. The number of imidazole rings is 1. The van der Waals surface area contributed by atoms with Crippen molar-refractivity contribution in [3.8, 4) is 0 Å². The van der Waals surface area contributed by atoms with Gasteiger partial charge in [0, 0.05) is 44.3 Å². The second-order valence-electron chi connectivity index (χ2n) is 5.88. The lowest BCUT2D eigenvalue weighted by Crippen LogP contribution is -2.38. The van der Waals surface area contributed by atoms with Gasteiger partial charge < -0.3 is 9.47 Å². The van der Waals surface area contributed by atoms with E-state index in [9.17, 15) is 4.79 Å². The van der Waals surface area contributed by atoms with E-state index in [-0.39, 0.29) is 5.91 Å². The average molecular weight is 301 g/mol.